The number of benzene rings is 2. The van der Waals surface area contributed by atoms with Gasteiger partial charge >= 0.3 is 6.18 Å². The third-order valence-electron chi connectivity index (χ3n) is 5.34. The van der Waals surface area contributed by atoms with E-state index in [-0.39, 0.29) is 18.4 Å². The Bertz CT molecular complexity index is 1020. The number of aromatic nitrogens is 2. The Labute approximate surface area is 174 Å². The number of imidazole rings is 1. The first-order valence-electron chi connectivity index (χ1n) is 9.40. The minimum atomic E-state index is -4.50. The van der Waals surface area contributed by atoms with Crippen LogP contribution in [0.25, 0.3) is 11.0 Å². The van der Waals surface area contributed by atoms with Crippen molar-refractivity contribution in [2.75, 3.05) is 13.1 Å². The molecule has 8 heteroatoms. The van der Waals surface area contributed by atoms with Crippen molar-refractivity contribution in [1.82, 2.24) is 14.5 Å². The Hall–Kier alpha value is -2.35. The number of carbonyl (C=O) groups is 1. The highest BCUT2D eigenvalue weighted by Crippen LogP contribution is 2.33. The van der Waals surface area contributed by atoms with E-state index in [4.69, 9.17) is 0 Å². The molecule has 1 saturated heterocycles. The lowest BCUT2D eigenvalue weighted by atomic mass is 9.96. The summed E-state index contributed by atoms with van der Waals surface area (Å²) in [6.07, 6.45) is -3.19. The lowest BCUT2D eigenvalue weighted by Crippen LogP contribution is -2.39. The predicted molar refractivity (Wildman–Crippen MR) is 108 cm³/mol. The van der Waals surface area contributed by atoms with Gasteiger partial charge in [-0.25, -0.2) is 4.98 Å². The molecule has 1 aliphatic heterocycles. The van der Waals surface area contributed by atoms with Crippen LogP contribution >= 0.6 is 15.9 Å². The fourth-order valence-corrected chi connectivity index (χ4v) is 4.09. The van der Waals surface area contributed by atoms with Gasteiger partial charge in [0.05, 0.1) is 11.0 Å². The Morgan fingerprint density at radius 3 is 2.38 bits per heavy atom. The second-order valence-corrected chi connectivity index (χ2v) is 8.19. The van der Waals surface area contributed by atoms with Gasteiger partial charge in [0, 0.05) is 29.7 Å². The number of hydrogen-bond donors (Lipinski definition) is 0. The van der Waals surface area contributed by atoms with Crippen molar-refractivity contribution in [3.8, 4) is 0 Å². The summed E-state index contributed by atoms with van der Waals surface area (Å²) in [5.74, 6) is -0.838. The first kappa shape index (κ1) is 19.9. The molecule has 2 heterocycles. The maximum atomic E-state index is 13.5. The summed E-state index contributed by atoms with van der Waals surface area (Å²) in [6.45, 7) is 1.32. The summed E-state index contributed by atoms with van der Waals surface area (Å²) in [7, 11) is 0. The molecule has 0 radical (unpaired) electrons. The van der Waals surface area contributed by atoms with Crippen LogP contribution in [0.1, 0.15) is 29.0 Å². The molecular formula is C21H19BrF3N3O. The number of carbonyl (C=O) groups excluding carboxylic acids is 1. The molecule has 29 heavy (non-hydrogen) atoms. The number of piperidine rings is 1. The Morgan fingerprint density at radius 1 is 1.07 bits per heavy atom. The van der Waals surface area contributed by atoms with Crippen molar-refractivity contribution in [3.05, 3.63) is 64.4 Å². The number of hydrogen-bond acceptors (Lipinski definition) is 2. The van der Waals surface area contributed by atoms with Gasteiger partial charge in [0.2, 0.25) is 5.82 Å². The first-order valence-corrected chi connectivity index (χ1v) is 10.2. The third kappa shape index (κ3) is 4.17. The number of likely N-dealkylation sites (tertiary alicyclic amines) is 1. The molecule has 152 valence electrons. The minimum absolute atomic E-state index is 0.0417. The molecule has 0 atom stereocenters. The van der Waals surface area contributed by atoms with Gasteiger partial charge in [0.25, 0.3) is 5.91 Å². The lowest BCUT2D eigenvalue weighted by molar-refractivity contribution is -0.147. The van der Waals surface area contributed by atoms with Crippen LogP contribution in [0.4, 0.5) is 13.2 Å². The van der Waals surface area contributed by atoms with Crippen LogP contribution in [0, 0.1) is 5.92 Å². The molecule has 1 aliphatic rings. The second-order valence-electron chi connectivity index (χ2n) is 7.27. The predicted octanol–water partition coefficient (Wildman–Crippen LogP) is 5.37. The van der Waals surface area contributed by atoms with Gasteiger partial charge < -0.3 is 9.47 Å². The Balaban J connectivity index is 1.48. The maximum absolute atomic E-state index is 13.5. The van der Waals surface area contributed by atoms with Crippen molar-refractivity contribution in [3.63, 3.8) is 0 Å². The number of rotatable bonds is 3. The van der Waals surface area contributed by atoms with Crippen molar-refractivity contribution >= 4 is 32.9 Å². The zero-order valence-corrected chi connectivity index (χ0v) is 17.1. The van der Waals surface area contributed by atoms with E-state index >= 15 is 0 Å². The molecule has 4 nitrogen and oxygen atoms in total. The van der Waals surface area contributed by atoms with E-state index in [1.807, 2.05) is 12.1 Å². The highest BCUT2D eigenvalue weighted by Gasteiger charge is 2.38. The number of nitrogens with zero attached hydrogens (tertiary/aromatic N) is 3. The average molecular weight is 466 g/mol. The molecule has 0 saturated carbocycles. The van der Waals surface area contributed by atoms with Gasteiger partial charge in [0.1, 0.15) is 0 Å². The van der Waals surface area contributed by atoms with E-state index in [0.29, 0.717) is 42.5 Å². The molecular weight excluding hydrogens is 447 g/mol. The van der Waals surface area contributed by atoms with E-state index in [2.05, 4.69) is 20.9 Å². The Kier molecular flexibility index (Phi) is 5.38. The first-order chi connectivity index (χ1) is 13.8. The second kappa shape index (κ2) is 7.82. The monoisotopic (exact) mass is 465 g/mol. The molecule has 4 rings (SSSR count). The summed E-state index contributed by atoms with van der Waals surface area (Å²) >= 11 is 3.35. The van der Waals surface area contributed by atoms with E-state index in [9.17, 15) is 18.0 Å². The van der Waals surface area contributed by atoms with Gasteiger partial charge in [-0.05, 0) is 55.2 Å². The highest BCUT2D eigenvalue weighted by molar-refractivity contribution is 9.10. The molecule has 0 aliphatic carbocycles. The van der Waals surface area contributed by atoms with E-state index in [1.54, 1.807) is 41.3 Å². The standard InChI is InChI=1S/C21H19BrF3N3O/c22-16-7-5-15(6-8-16)19(29)27-11-9-14(10-12-27)13-28-18-4-2-1-3-17(18)26-20(28)21(23,24)25/h1-8,14H,9-13H2. The summed E-state index contributed by atoms with van der Waals surface area (Å²) < 4.78 is 42.6. The van der Waals surface area contributed by atoms with Gasteiger partial charge in [-0.2, -0.15) is 13.2 Å². The number of amides is 1. The van der Waals surface area contributed by atoms with Crippen LogP contribution in [-0.4, -0.2) is 33.4 Å². The molecule has 0 bridgehead atoms. The van der Waals surface area contributed by atoms with Crippen molar-refractivity contribution in [1.29, 1.82) is 0 Å². The van der Waals surface area contributed by atoms with Gasteiger partial charge in [-0.3, -0.25) is 4.79 Å². The van der Waals surface area contributed by atoms with Crippen molar-refractivity contribution < 1.29 is 18.0 Å². The van der Waals surface area contributed by atoms with Crippen LogP contribution in [0.15, 0.2) is 53.0 Å². The van der Waals surface area contributed by atoms with E-state index in [1.165, 1.54) is 4.57 Å². The Morgan fingerprint density at radius 2 is 1.72 bits per heavy atom. The zero-order chi connectivity index (χ0) is 20.6. The van der Waals surface area contributed by atoms with E-state index < -0.39 is 12.0 Å². The van der Waals surface area contributed by atoms with Crippen LogP contribution in [0.3, 0.4) is 0 Å². The zero-order valence-electron chi connectivity index (χ0n) is 15.5. The van der Waals surface area contributed by atoms with Crippen LogP contribution in [-0.2, 0) is 12.7 Å². The molecule has 1 fully saturated rings. The minimum Gasteiger partial charge on any atom is -0.339 e. The summed E-state index contributed by atoms with van der Waals surface area (Å²) in [5.41, 5.74) is 1.46. The van der Waals surface area contributed by atoms with Crippen molar-refractivity contribution in [2.45, 2.75) is 25.6 Å². The largest absolute Gasteiger partial charge is 0.449 e. The molecule has 0 unspecified atom stereocenters. The van der Waals surface area contributed by atoms with Crippen molar-refractivity contribution in [2.24, 2.45) is 5.92 Å². The topological polar surface area (TPSA) is 38.1 Å². The van der Waals surface area contributed by atoms with Gasteiger partial charge in [-0.15, -0.1) is 0 Å². The third-order valence-corrected chi connectivity index (χ3v) is 5.87. The number of halogens is 4. The fourth-order valence-electron chi connectivity index (χ4n) is 3.83. The number of fused-ring (bicyclic) bond motifs is 1. The number of para-hydroxylation sites is 2. The molecule has 0 spiro atoms. The van der Waals surface area contributed by atoms with Crippen LogP contribution < -0.4 is 0 Å². The summed E-state index contributed by atoms with van der Waals surface area (Å²) in [5, 5.41) is 0. The summed E-state index contributed by atoms with van der Waals surface area (Å²) in [6, 6.07) is 13.9. The fraction of sp³-hybridized carbons (Fsp3) is 0.333. The van der Waals surface area contributed by atoms with E-state index in [0.717, 1.165) is 4.47 Å². The average Bonchev–Trinajstić information content (AvgIpc) is 3.08. The van der Waals surface area contributed by atoms with Crippen LogP contribution in [0.2, 0.25) is 0 Å². The van der Waals surface area contributed by atoms with Gasteiger partial charge in [-0.1, -0.05) is 28.1 Å². The maximum Gasteiger partial charge on any atom is 0.449 e. The molecule has 3 aromatic rings. The smallest absolute Gasteiger partial charge is 0.339 e. The lowest BCUT2D eigenvalue weighted by Gasteiger charge is -2.32. The van der Waals surface area contributed by atoms with Gasteiger partial charge in [0.15, 0.2) is 0 Å². The molecule has 1 amide bonds. The number of alkyl halides is 3. The molecule has 2 aromatic carbocycles. The highest BCUT2D eigenvalue weighted by atomic mass is 79.9. The SMILES string of the molecule is O=C(c1ccc(Br)cc1)N1CCC(Cn2c(C(F)(F)F)nc3ccccc32)CC1. The molecule has 0 N–H and O–H groups in total. The quantitative estimate of drug-likeness (QED) is 0.521. The summed E-state index contributed by atoms with van der Waals surface area (Å²) in [4.78, 5) is 18.2. The molecule has 1 aromatic heterocycles. The normalized spacial score (nSPS) is 15.8. The van der Waals surface area contributed by atoms with Crippen LogP contribution in [0.5, 0.6) is 0 Å².